The number of para-hydroxylation sites is 1. The zero-order chi connectivity index (χ0) is 23.9. The average molecular weight is 524 g/mol. The molecule has 0 atom stereocenters. The van der Waals surface area contributed by atoms with Gasteiger partial charge in [0.25, 0.3) is 5.91 Å². The van der Waals surface area contributed by atoms with Gasteiger partial charge in [0.05, 0.1) is 5.69 Å². The number of hydrogen-bond acceptors (Lipinski definition) is 1. The van der Waals surface area contributed by atoms with Crippen LogP contribution in [0.5, 0.6) is 0 Å². The van der Waals surface area contributed by atoms with Gasteiger partial charge in [-0.3, -0.25) is 9.20 Å². The van der Waals surface area contributed by atoms with E-state index in [1.807, 2.05) is 30.3 Å². The summed E-state index contributed by atoms with van der Waals surface area (Å²) in [5.74, 6) is -0.0897. The Morgan fingerprint density at radius 3 is 2.34 bits per heavy atom. The number of aromatic nitrogens is 2. The van der Waals surface area contributed by atoms with Crippen molar-refractivity contribution in [3.8, 4) is 22.4 Å². The first-order chi connectivity index (χ1) is 17.1. The maximum atomic E-state index is 13.9. The number of amides is 1. The Morgan fingerprint density at radius 2 is 1.60 bits per heavy atom. The van der Waals surface area contributed by atoms with Gasteiger partial charge in [-0.25, -0.2) is 0 Å². The van der Waals surface area contributed by atoms with Crippen molar-refractivity contribution in [2.75, 3.05) is 5.32 Å². The quantitative estimate of drug-likeness (QED) is 0.257. The summed E-state index contributed by atoms with van der Waals surface area (Å²) in [6.07, 6.45) is 5.31. The first kappa shape index (κ1) is 21.9. The minimum absolute atomic E-state index is 0.0897. The van der Waals surface area contributed by atoms with Gasteiger partial charge in [0, 0.05) is 34.0 Å². The summed E-state index contributed by atoms with van der Waals surface area (Å²) in [5, 5.41) is 3.15. The second-order valence-electron chi connectivity index (χ2n) is 9.21. The lowest BCUT2D eigenvalue weighted by Gasteiger charge is -2.10. The van der Waals surface area contributed by atoms with Crippen LogP contribution in [0.1, 0.15) is 34.5 Å². The molecule has 6 rings (SSSR count). The van der Waals surface area contributed by atoms with Crippen molar-refractivity contribution in [2.24, 2.45) is 0 Å². The van der Waals surface area contributed by atoms with E-state index in [1.54, 1.807) is 0 Å². The van der Waals surface area contributed by atoms with E-state index in [4.69, 9.17) is 0 Å². The summed E-state index contributed by atoms with van der Waals surface area (Å²) in [6, 6.07) is 26.6. The molecule has 1 N–H and O–H groups in total. The third-order valence-electron chi connectivity index (χ3n) is 6.86. The van der Waals surface area contributed by atoms with Crippen molar-refractivity contribution in [1.82, 2.24) is 8.97 Å². The van der Waals surface area contributed by atoms with E-state index in [-0.39, 0.29) is 5.91 Å². The highest BCUT2D eigenvalue weighted by atomic mass is 79.9. The van der Waals surface area contributed by atoms with Gasteiger partial charge in [0.2, 0.25) is 0 Å². The summed E-state index contributed by atoms with van der Waals surface area (Å²) in [6.45, 7) is 3.03. The van der Waals surface area contributed by atoms with Crippen molar-refractivity contribution in [2.45, 2.75) is 32.7 Å². The van der Waals surface area contributed by atoms with Crippen LogP contribution in [0.3, 0.4) is 0 Å². The molecule has 35 heavy (non-hydrogen) atoms. The van der Waals surface area contributed by atoms with Gasteiger partial charge in [-0.15, -0.1) is 0 Å². The molecular weight excluding hydrogens is 498 g/mol. The molecule has 0 saturated heterocycles. The third-order valence-corrected chi connectivity index (χ3v) is 7.39. The Labute approximate surface area is 213 Å². The topological polar surface area (TPSA) is 38.4 Å². The summed E-state index contributed by atoms with van der Waals surface area (Å²) < 4.78 is 5.59. The Kier molecular flexibility index (Phi) is 5.57. The number of nitrogens with one attached hydrogen (secondary N) is 1. The van der Waals surface area contributed by atoms with Crippen LogP contribution in [0.25, 0.3) is 28.0 Å². The van der Waals surface area contributed by atoms with Gasteiger partial charge < -0.3 is 9.88 Å². The SMILES string of the molecule is Cc1ccc(-c2c3c4n(c(-c5ccc(Br)cc5)cn4c2C(=O)Nc2ccccc2)CCCC3)cc1. The summed E-state index contributed by atoms with van der Waals surface area (Å²) in [4.78, 5) is 13.9. The molecule has 0 aliphatic carbocycles. The molecule has 0 bridgehead atoms. The van der Waals surface area contributed by atoms with Crippen molar-refractivity contribution in [3.05, 3.63) is 106 Å². The fourth-order valence-corrected chi connectivity index (χ4v) is 5.47. The first-order valence-electron chi connectivity index (χ1n) is 12.1. The molecule has 5 aromatic rings. The number of aryl methyl sites for hydroxylation is 3. The fourth-order valence-electron chi connectivity index (χ4n) is 5.20. The average Bonchev–Trinajstić information content (AvgIpc) is 3.28. The van der Waals surface area contributed by atoms with E-state index in [9.17, 15) is 4.79 Å². The molecule has 2 aromatic heterocycles. The van der Waals surface area contributed by atoms with Gasteiger partial charge in [0.15, 0.2) is 0 Å². The molecule has 1 aliphatic rings. The van der Waals surface area contributed by atoms with Crippen LogP contribution < -0.4 is 5.32 Å². The number of imidazole rings is 1. The monoisotopic (exact) mass is 523 g/mol. The van der Waals surface area contributed by atoms with E-state index in [0.29, 0.717) is 5.69 Å². The summed E-state index contributed by atoms with van der Waals surface area (Å²) in [7, 11) is 0. The van der Waals surface area contributed by atoms with Gasteiger partial charge in [-0.1, -0.05) is 76.1 Å². The largest absolute Gasteiger partial charge is 0.325 e. The van der Waals surface area contributed by atoms with Crippen molar-refractivity contribution in [3.63, 3.8) is 0 Å². The highest BCUT2D eigenvalue weighted by molar-refractivity contribution is 9.10. The Hall–Kier alpha value is -3.57. The van der Waals surface area contributed by atoms with Crippen LogP contribution >= 0.6 is 15.9 Å². The summed E-state index contributed by atoms with van der Waals surface area (Å²) in [5.41, 5.74) is 9.52. The molecule has 4 nitrogen and oxygen atoms in total. The molecule has 5 heteroatoms. The van der Waals surface area contributed by atoms with Crippen LogP contribution in [-0.4, -0.2) is 14.9 Å². The minimum Gasteiger partial charge on any atom is -0.325 e. The molecule has 0 spiro atoms. The maximum Gasteiger partial charge on any atom is 0.273 e. The van der Waals surface area contributed by atoms with Crippen LogP contribution in [0.2, 0.25) is 0 Å². The van der Waals surface area contributed by atoms with Crippen molar-refractivity contribution in [1.29, 1.82) is 0 Å². The van der Waals surface area contributed by atoms with Gasteiger partial charge in [-0.2, -0.15) is 0 Å². The predicted octanol–water partition coefficient (Wildman–Crippen LogP) is 7.73. The lowest BCUT2D eigenvalue weighted by atomic mass is 9.97. The first-order valence-corrected chi connectivity index (χ1v) is 12.9. The molecule has 174 valence electrons. The maximum absolute atomic E-state index is 13.9. The molecule has 0 saturated carbocycles. The van der Waals surface area contributed by atoms with E-state index in [0.717, 1.165) is 64.0 Å². The Bertz CT molecular complexity index is 1530. The number of hydrogen-bond donors (Lipinski definition) is 1. The molecule has 1 amide bonds. The van der Waals surface area contributed by atoms with Gasteiger partial charge >= 0.3 is 0 Å². The molecular formula is C30H26BrN3O. The zero-order valence-electron chi connectivity index (χ0n) is 19.6. The normalized spacial score (nSPS) is 13.1. The number of halogens is 1. The molecule has 3 aromatic carbocycles. The van der Waals surface area contributed by atoms with Crippen molar-refractivity contribution < 1.29 is 4.79 Å². The molecule has 0 radical (unpaired) electrons. The van der Waals surface area contributed by atoms with E-state index in [1.165, 1.54) is 11.1 Å². The Morgan fingerprint density at radius 1 is 0.886 bits per heavy atom. The van der Waals surface area contributed by atoms with Crippen LogP contribution in [-0.2, 0) is 13.0 Å². The number of carbonyl (C=O) groups is 1. The lowest BCUT2D eigenvalue weighted by molar-refractivity contribution is 0.102. The highest BCUT2D eigenvalue weighted by Crippen LogP contribution is 2.40. The van der Waals surface area contributed by atoms with Crippen LogP contribution in [0.4, 0.5) is 5.69 Å². The molecule has 0 fully saturated rings. The highest BCUT2D eigenvalue weighted by Gasteiger charge is 2.29. The number of carbonyl (C=O) groups excluding carboxylic acids is 1. The fraction of sp³-hybridized carbons (Fsp3) is 0.167. The molecule has 1 aliphatic heterocycles. The number of benzene rings is 3. The summed E-state index contributed by atoms with van der Waals surface area (Å²) >= 11 is 3.55. The standard InChI is InChI=1S/C30H26BrN3O/c1-20-10-12-22(13-11-20)27-25-9-5-6-18-33-26(21-14-16-23(31)17-15-21)19-34(30(25)33)28(27)29(35)32-24-7-3-2-4-8-24/h2-4,7-8,10-17,19H,5-6,9,18H2,1H3,(H,32,35). The van der Waals surface area contributed by atoms with Crippen molar-refractivity contribution >= 4 is 33.2 Å². The van der Waals surface area contributed by atoms with Gasteiger partial charge in [0.1, 0.15) is 11.3 Å². The molecule has 0 unspecified atom stereocenters. The minimum atomic E-state index is -0.0897. The van der Waals surface area contributed by atoms with Crippen LogP contribution in [0.15, 0.2) is 89.5 Å². The van der Waals surface area contributed by atoms with E-state index in [2.05, 4.69) is 91.9 Å². The number of nitrogens with zero attached hydrogens (tertiary/aromatic N) is 2. The molecule has 3 heterocycles. The third kappa shape index (κ3) is 3.90. The second kappa shape index (κ2) is 8.90. The zero-order valence-corrected chi connectivity index (χ0v) is 21.2. The second-order valence-corrected chi connectivity index (χ2v) is 10.1. The van der Waals surface area contributed by atoms with Crippen LogP contribution in [0, 0.1) is 6.92 Å². The number of rotatable bonds is 4. The van der Waals surface area contributed by atoms with Gasteiger partial charge in [-0.05, 0) is 61.6 Å². The van der Waals surface area contributed by atoms with E-state index < -0.39 is 0 Å². The van der Waals surface area contributed by atoms with E-state index >= 15 is 0 Å². The Balaban J connectivity index is 1.62. The number of anilines is 1. The predicted molar refractivity (Wildman–Crippen MR) is 146 cm³/mol. The lowest BCUT2D eigenvalue weighted by Crippen LogP contribution is -2.15. The smallest absolute Gasteiger partial charge is 0.273 e.